The summed E-state index contributed by atoms with van der Waals surface area (Å²) in [5, 5.41) is 1.05. The quantitative estimate of drug-likeness (QED) is 0.862. The van der Waals surface area contributed by atoms with E-state index in [1.807, 2.05) is 0 Å². The second kappa shape index (κ2) is 6.10. The van der Waals surface area contributed by atoms with Gasteiger partial charge in [0.05, 0.1) is 11.7 Å². The lowest BCUT2D eigenvalue weighted by atomic mass is 10.1. The maximum absolute atomic E-state index is 4.74. The van der Waals surface area contributed by atoms with E-state index in [0.717, 1.165) is 41.7 Å². The number of anilines is 1. The van der Waals surface area contributed by atoms with E-state index >= 15 is 0 Å². The summed E-state index contributed by atoms with van der Waals surface area (Å²) in [5.74, 6) is 1.58. The van der Waals surface area contributed by atoms with E-state index in [2.05, 4.69) is 48.2 Å². The van der Waals surface area contributed by atoms with Crippen LogP contribution in [0, 0.1) is 12.8 Å². The summed E-state index contributed by atoms with van der Waals surface area (Å²) < 4.78 is 4.52. The van der Waals surface area contributed by atoms with E-state index in [1.165, 1.54) is 18.0 Å². The van der Waals surface area contributed by atoms with E-state index in [0.29, 0.717) is 12.0 Å². The Hall–Kier alpha value is -1.49. The standard InChI is InChI=1S/C16H22N4S/c1-11(2)10-15-18-16(21-19-15)20-9-5-8-14(20)13-7-4-6-12(3)17-13/h4,6-7,11,14H,5,8-10H2,1-3H3. The third kappa shape index (κ3) is 3.23. The molecular weight excluding hydrogens is 280 g/mol. The van der Waals surface area contributed by atoms with Crippen molar-refractivity contribution in [3.05, 3.63) is 35.4 Å². The first kappa shape index (κ1) is 14.4. The molecule has 0 amide bonds. The molecule has 0 N–H and O–H groups in total. The summed E-state index contributed by atoms with van der Waals surface area (Å²) in [5.41, 5.74) is 2.24. The van der Waals surface area contributed by atoms with Crippen molar-refractivity contribution in [2.45, 2.75) is 46.1 Å². The Bertz CT molecular complexity index is 608. The highest BCUT2D eigenvalue weighted by Crippen LogP contribution is 2.36. The van der Waals surface area contributed by atoms with Gasteiger partial charge in [-0.3, -0.25) is 4.98 Å². The Morgan fingerprint density at radius 2 is 2.19 bits per heavy atom. The average molecular weight is 302 g/mol. The zero-order valence-corrected chi connectivity index (χ0v) is 13.7. The van der Waals surface area contributed by atoms with Gasteiger partial charge in [-0.25, -0.2) is 4.98 Å². The summed E-state index contributed by atoms with van der Waals surface area (Å²) in [6.07, 6.45) is 3.30. The van der Waals surface area contributed by atoms with Crippen molar-refractivity contribution in [2.24, 2.45) is 5.92 Å². The molecule has 3 heterocycles. The van der Waals surface area contributed by atoms with Gasteiger partial charge in [-0.15, -0.1) is 0 Å². The predicted octanol–water partition coefficient (Wildman–Crippen LogP) is 3.78. The SMILES string of the molecule is Cc1cccc(C2CCCN2c2nc(CC(C)C)ns2)n1. The number of hydrogen-bond acceptors (Lipinski definition) is 5. The maximum Gasteiger partial charge on any atom is 0.205 e. The number of aromatic nitrogens is 3. The van der Waals surface area contributed by atoms with Gasteiger partial charge >= 0.3 is 0 Å². The van der Waals surface area contributed by atoms with Gasteiger partial charge in [-0.2, -0.15) is 4.37 Å². The van der Waals surface area contributed by atoms with Gasteiger partial charge in [0.25, 0.3) is 0 Å². The molecule has 5 heteroatoms. The molecular formula is C16H22N4S. The van der Waals surface area contributed by atoms with Gasteiger partial charge in [0.15, 0.2) is 0 Å². The van der Waals surface area contributed by atoms with Crippen molar-refractivity contribution in [3.8, 4) is 0 Å². The normalized spacial score (nSPS) is 18.7. The van der Waals surface area contributed by atoms with Gasteiger partial charge in [-0.05, 0) is 37.8 Å². The summed E-state index contributed by atoms with van der Waals surface area (Å²) >= 11 is 1.53. The zero-order valence-electron chi connectivity index (χ0n) is 12.9. The highest BCUT2D eigenvalue weighted by Gasteiger charge is 2.29. The molecule has 1 atom stereocenters. The van der Waals surface area contributed by atoms with Gasteiger partial charge in [0.2, 0.25) is 5.13 Å². The number of nitrogens with zero attached hydrogens (tertiary/aromatic N) is 4. The van der Waals surface area contributed by atoms with Crippen LogP contribution in [0.2, 0.25) is 0 Å². The Morgan fingerprint density at radius 1 is 1.33 bits per heavy atom. The lowest BCUT2D eigenvalue weighted by Crippen LogP contribution is -2.23. The average Bonchev–Trinajstić information content (AvgIpc) is 3.06. The van der Waals surface area contributed by atoms with Crippen LogP contribution in [0.4, 0.5) is 5.13 Å². The van der Waals surface area contributed by atoms with Gasteiger partial charge in [0.1, 0.15) is 5.82 Å². The van der Waals surface area contributed by atoms with E-state index in [9.17, 15) is 0 Å². The van der Waals surface area contributed by atoms with Crippen LogP contribution in [0.3, 0.4) is 0 Å². The molecule has 0 bridgehead atoms. The monoisotopic (exact) mass is 302 g/mol. The topological polar surface area (TPSA) is 41.9 Å². The minimum atomic E-state index is 0.352. The first-order chi connectivity index (χ1) is 10.1. The van der Waals surface area contributed by atoms with Crippen LogP contribution in [-0.4, -0.2) is 20.9 Å². The largest absolute Gasteiger partial charge is 0.338 e. The molecule has 0 aliphatic carbocycles. The molecule has 3 rings (SSSR count). The molecule has 0 spiro atoms. The Morgan fingerprint density at radius 3 is 2.95 bits per heavy atom. The molecule has 0 saturated carbocycles. The van der Waals surface area contributed by atoms with Crippen molar-refractivity contribution in [2.75, 3.05) is 11.4 Å². The van der Waals surface area contributed by atoms with Crippen LogP contribution >= 0.6 is 11.5 Å². The number of pyridine rings is 1. The highest BCUT2D eigenvalue weighted by atomic mass is 32.1. The van der Waals surface area contributed by atoms with Crippen LogP contribution in [0.1, 0.15) is 49.9 Å². The maximum atomic E-state index is 4.74. The molecule has 1 saturated heterocycles. The van der Waals surface area contributed by atoms with Crippen molar-refractivity contribution >= 4 is 16.7 Å². The minimum Gasteiger partial charge on any atom is -0.338 e. The lowest BCUT2D eigenvalue weighted by Gasteiger charge is -2.23. The Balaban J connectivity index is 1.82. The predicted molar refractivity (Wildman–Crippen MR) is 86.7 cm³/mol. The molecule has 112 valence electrons. The molecule has 1 fully saturated rings. The molecule has 1 aliphatic heterocycles. The highest BCUT2D eigenvalue weighted by molar-refractivity contribution is 7.09. The number of aryl methyl sites for hydroxylation is 1. The third-order valence-electron chi connectivity index (χ3n) is 3.80. The molecule has 2 aromatic heterocycles. The van der Waals surface area contributed by atoms with E-state index in [1.54, 1.807) is 0 Å². The molecule has 0 radical (unpaired) electrons. The minimum absolute atomic E-state index is 0.352. The fraction of sp³-hybridized carbons (Fsp3) is 0.562. The molecule has 2 aromatic rings. The molecule has 0 aromatic carbocycles. The fourth-order valence-electron chi connectivity index (χ4n) is 2.86. The van der Waals surface area contributed by atoms with Gasteiger partial charge in [-0.1, -0.05) is 19.9 Å². The first-order valence-electron chi connectivity index (χ1n) is 7.66. The lowest BCUT2D eigenvalue weighted by molar-refractivity contribution is 0.625. The summed E-state index contributed by atoms with van der Waals surface area (Å²) in [7, 11) is 0. The molecule has 4 nitrogen and oxygen atoms in total. The number of rotatable bonds is 4. The fourth-order valence-corrected chi connectivity index (χ4v) is 3.63. The van der Waals surface area contributed by atoms with Crippen LogP contribution in [-0.2, 0) is 6.42 Å². The van der Waals surface area contributed by atoms with Crippen molar-refractivity contribution in [3.63, 3.8) is 0 Å². The third-order valence-corrected chi connectivity index (χ3v) is 4.59. The van der Waals surface area contributed by atoms with E-state index in [4.69, 9.17) is 9.97 Å². The van der Waals surface area contributed by atoms with Crippen LogP contribution in [0.25, 0.3) is 0 Å². The smallest absolute Gasteiger partial charge is 0.205 e. The second-order valence-electron chi connectivity index (χ2n) is 6.15. The Labute approximate surface area is 130 Å². The molecule has 1 aliphatic rings. The zero-order chi connectivity index (χ0) is 14.8. The molecule has 1 unspecified atom stereocenters. The van der Waals surface area contributed by atoms with Crippen molar-refractivity contribution < 1.29 is 0 Å². The summed E-state index contributed by atoms with van der Waals surface area (Å²) in [6, 6.07) is 6.63. The van der Waals surface area contributed by atoms with Crippen molar-refractivity contribution in [1.29, 1.82) is 0 Å². The van der Waals surface area contributed by atoms with Crippen molar-refractivity contribution in [1.82, 2.24) is 14.3 Å². The Kier molecular flexibility index (Phi) is 4.19. The summed E-state index contributed by atoms with van der Waals surface area (Å²) in [4.78, 5) is 11.8. The second-order valence-corrected chi connectivity index (χ2v) is 6.88. The van der Waals surface area contributed by atoms with Gasteiger partial charge in [0, 0.05) is 30.2 Å². The number of hydrogen-bond donors (Lipinski definition) is 0. The van der Waals surface area contributed by atoms with Crippen LogP contribution < -0.4 is 4.90 Å². The first-order valence-corrected chi connectivity index (χ1v) is 8.43. The molecule has 21 heavy (non-hydrogen) atoms. The van der Waals surface area contributed by atoms with Gasteiger partial charge < -0.3 is 4.90 Å². The van der Waals surface area contributed by atoms with E-state index < -0.39 is 0 Å². The van der Waals surface area contributed by atoms with Crippen LogP contribution in [0.15, 0.2) is 18.2 Å². The van der Waals surface area contributed by atoms with E-state index in [-0.39, 0.29) is 0 Å². The van der Waals surface area contributed by atoms with Crippen LogP contribution in [0.5, 0.6) is 0 Å². The summed E-state index contributed by atoms with van der Waals surface area (Å²) in [6.45, 7) is 7.51.